The molecule has 3 fully saturated rings. The molecule has 3 heterocycles. The Morgan fingerprint density at radius 1 is 1.18 bits per heavy atom. The number of hydrogen-bond acceptors (Lipinski definition) is 5. The van der Waals surface area contributed by atoms with E-state index in [0.29, 0.717) is 18.5 Å². The summed E-state index contributed by atoms with van der Waals surface area (Å²) < 4.78 is 0. The lowest BCUT2D eigenvalue weighted by molar-refractivity contribution is -0.136. The number of carbonyl (C=O) groups excluding carboxylic acids is 3. The Morgan fingerprint density at radius 3 is 2.68 bits per heavy atom. The van der Waals surface area contributed by atoms with Crippen molar-refractivity contribution in [1.82, 2.24) is 20.9 Å². The van der Waals surface area contributed by atoms with Gasteiger partial charge >= 0.3 is 0 Å². The van der Waals surface area contributed by atoms with Gasteiger partial charge in [0.1, 0.15) is 6.04 Å². The van der Waals surface area contributed by atoms with Crippen molar-refractivity contribution in [3.63, 3.8) is 0 Å². The second-order valence-corrected chi connectivity index (χ2v) is 8.71. The monoisotopic (exact) mass is 382 g/mol. The molecule has 0 aromatic heterocycles. The van der Waals surface area contributed by atoms with Crippen molar-refractivity contribution in [3.8, 4) is 0 Å². The molecule has 7 heteroatoms. The van der Waals surface area contributed by atoms with Gasteiger partial charge in [0.25, 0.3) is 5.91 Å². The second-order valence-electron chi connectivity index (χ2n) is 8.71. The van der Waals surface area contributed by atoms with Gasteiger partial charge < -0.3 is 15.5 Å². The van der Waals surface area contributed by atoms with E-state index in [2.05, 4.69) is 22.0 Å². The number of piperidine rings is 1. The second kappa shape index (κ2) is 6.67. The minimum atomic E-state index is -0.556. The highest BCUT2D eigenvalue weighted by Crippen LogP contribution is 2.42. The summed E-state index contributed by atoms with van der Waals surface area (Å²) in [6, 6.07) is 5.30. The van der Waals surface area contributed by atoms with Gasteiger partial charge in [0.05, 0.1) is 0 Å². The average molecular weight is 382 g/mol. The van der Waals surface area contributed by atoms with Gasteiger partial charge in [0.2, 0.25) is 11.8 Å². The van der Waals surface area contributed by atoms with Gasteiger partial charge in [-0.25, -0.2) is 0 Å². The lowest BCUT2D eigenvalue weighted by atomic mass is 9.92. The standard InChI is InChI=1S/C21H26N4O3/c26-18-5-4-17(19(27)24-18)25-12-16-14(2-1-3-15(16)20(25)28)11-23-21(6-7-21)8-13-9-22-10-13/h1-3,13,17,22-23H,4-12H2,(H,24,26,27). The van der Waals surface area contributed by atoms with Gasteiger partial charge in [-0.15, -0.1) is 0 Å². The Kier molecular flexibility index (Phi) is 4.25. The van der Waals surface area contributed by atoms with Crippen LogP contribution in [0.4, 0.5) is 0 Å². The third-order valence-corrected chi connectivity index (χ3v) is 6.73. The summed E-state index contributed by atoms with van der Waals surface area (Å²) in [6.07, 6.45) is 4.34. The molecule has 148 valence electrons. The third-order valence-electron chi connectivity index (χ3n) is 6.73. The van der Waals surface area contributed by atoms with Crippen molar-refractivity contribution in [1.29, 1.82) is 0 Å². The van der Waals surface area contributed by atoms with Gasteiger partial charge in [-0.1, -0.05) is 12.1 Å². The molecule has 0 radical (unpaired) electrons. The highest BCUT2D eigenvalue weighted by molar-refractivity contribution is 6.05. The van der Waals surface area contributed by atoms with Crippen molar-refractivity contribution in [3.05, 3.63) is 34.9 Å². The molecule has 0 bridgehead atoms. The van der Waals surface area contributed by atoms with E-state index in [4.69, 9.17) is 0 Å². The summed E-state index contributed by atoms with van der Waals surface area (Å²) in [5, 5.41) is 9.46. The lowest BCUT2D eigenvalue weighted by Crippen LogP contribution is -2.52. The first-order valence-corrected chi connectivity index (χ1v) is 10.3. The lowest BCUT2D eigenvalue weighted by Gasteiger charge is -2.31. The van der Waals surface area contributed by atoms with Crippen LogP contribution in [0.15, 0.2) is 18.2 Å². The van der Waals surface area contributed by atoms with Crippen LogP contribution in [0.25, 0.3) is 0 Å². The molecular weight excluding hydrogens is 356 g/mol. The summed E-state index contributed by atoms with van der Waals surface area (Å²) >= 11 is 0. The molecule has 1 aliphatic carbocycles. The molecule has 4 aliphatic rings. The molecular formula is C21H26N4O3. The van der Waals surface area contributed by atoms with E-state index in [1.165, 1.54) is 19.3 Å². The normalized spacial score (nSPS) is 26.1. The fraction of sp³-hybridized carbons (Fsp3) is 0.571. The molecule has 3 amide bonds. The van der Waals surface area contributed by atoms with E-state index in [0.717, 1.165) is 36.7 Å². The number of imide groups is 1. The highest BCUT2D eigenvalue weighted by Gasteiger charge is 2.45. The number of amides is 3. The molecule has 7 nitrogen and oxygen atoms in total. The minimum absolute atomic E-state index is 0.104. The Balaban J connectivity index is 1.29. The maximum atomic E-state index is 12.9. The fourth-order valence-electron chi connectivity index (χ4n) is 4.75. The Bertz CT molecular complexity index is 844. The highest BCUT2D eigenvalue weighted by atomic mass is 16.2. The van der Waals surface area contributed by atoms with Crippen molar-refractivity contribution < 1.29 is 14.4 Å². The average Bonchev–Trinajstić information content (AvgIpc) is 3.34. The molecule has 1 aromatic rings. The van der Waals surface area contributed by atoms with Crippen LogP contribution < -0.4 is 16.0 Å². The van der Waals surface area contributed by atoms with Crippen LogP contribution in [0.2, 0.25) is 0 Å². The fourth-order valence-corrected chi connectivity index (χ4v) is 4.75. The van der Waals surface area contributed by atoms with Gasteiger partial charge in [-0.3, -0.25) is 19.7 Å². The Morgan fingerprint density at radius 2 is 2.00 bits per heavy atom. The van der Waals surface area contributed by atoms with E-state index in [1.54, 1.807) is 4.90 Å². The third kappa shape index (κ3) is 3.12. The maximum absolute atomic E-state index is 12.9. The van der Waals surface area contributed by atoms with Crippen LogP contribution in [0, 0.1) is 5.92 Å². The van der Waals surface area contributed by atoms with E-state index < -0.39 is 6.04 Å². The topological polar surface area (TPSA) is 90.5 Å². The molecule has 1 aromatic carbocycles. The van der Waals surface area contributed by atoms with Crippen LogP contribution in [-0.4, -0.2) is 47.3 Å². The first-order chi connectivity index (χ1) is 13.5. The SMILES string of the molecule is O=C1CCC(N2Cc3c(CNC4(CC5CNC5)CC4)cccc3C2=O)C(=O)N1. The molecule has 1 unspecified atom stereocenters. The predicted octanol–water partition coefficient (Wildman–Crippen LogP) is 0.679. The van der Waals surface area contributed by atoms with E-state index in [1.807, 2.05) is 12.1 Å². The van der Waals surface area contributed by atoms with Gasteiger partial charge in [-0.2, -0.15) is 0 Å². The number of benzene rings is 1. The minimum Gasteiger partial charge on any atom is -0.322 e. The number of hydrogen-bond donors (Lipinski definition) is 3. The zero-order valence-corrected chi connectivity index (χ0v) is 15.9. The van der Waals surface area contributed by atoms with Gasteiger partial charge in [0.15, 0.2) is 0 Å². The number of nitrogens with zero attached hydrogens (tertiary/aromatic N) is 1. The largest absolute Gasteiger partial charge is 0.322 e. The Labute approximate surface area is 164 Å². The van der Waals surface area contributed by atoms with Crippen LogP contribution in [0.3, 0.4) is 0 Å². The van der Waals surface area contributed by atoms with Crippen molar-refractivity contribution in [2.24, 2.45) is 5.92 Å². The molecule has 3 N–H and O–H groups in total. The van der Waals surface area contributed by atoms with Crippen molar-refractivity contribution in [2.45, 2.75) is 56.8 Å². The number of carbonyl (C=O) groups is 3. The molecule has 0 spiro atoms. The summed E-state index contributed by atoms with van der Waals surface area (Å²) in [5.74, 6) is 0.0592. The summed E-state index contributed by atoms with van der Waals surface area (Å²) in [4.78, 5) is 38.2. The molecule has 1 atom stereocenters. The predicted molar refractivity (Wildman–Crippen MR) is 102 cm³/mol. The zero-order valence-electron chi connectivity index (χ0n) is 15.9. The summed E-state index contributed by atoms with van der Waals surface area (Å²) in [5.41, 5.74) is 3.11. The summed E-state index contributed by atoms with van der Waals surface area (Å²) in [6.45, 7) is 3.44. The maximum Gasteiger partial charge on any atom is 0.255 e. The quantitative estimate of drug-likeness (QED) is 0.630. The summed E-state index contributed by atoms with van der Waals surface area (Å²) in [7, 11) is 0. The molecule has 5 rings (SSSR count). The number of nitrogens with one attached hydrogen (secondary N) is 3. The van der Waals surface area contributed by atoms with E-state index >= 15 is 0 Å². The smallest absolute Gasteiger partial charge is 0.255 e. The molecule has 1 saturated carbocycles. The van der Waals surface area contributed by atoms with Gasteiger partial charge in [-0.05, 0) is 61.9 Å². The number of fused-ring (bicyclic) bond motifs is 1. The van der Waals surface area contributed by atoms with E-state index in [9.17, 15) is 14.4 Å². The molecule has 28 heavy (non-hydrogen) atoms. The first kappa shape index (κ1) is 17.8. The molecule has 2 saturated heterocycles. The van der Waals surface area contributed by atoms with Crippen molar-refractivity contribution >= 4 is 17.7 Å². The number of rotatable bonds is 6. The van der Waals surface area contributed by atoms with Gasteiger partial charge in [0, 0.05) is 30.6 Å². The van der Waals surface area contributed by atoms with Crippen LogP contribution in [0.5, 0.6) is 0 Å². The van der Waals surface area contributed by atoms with Crippen LogP contribution in [-0.2, 0) is 22.7 Å². The Hall–Kier alpha value is -2.25. The first-order valence-electron chi connectivity index (χ1n) is 10.3. The molecule has 3 aliphatic heterocycles. The zero-order chi connectivity index (χ0) is 19.3. The van der Waals surface area contributed by atoms with Crippen molar-refractivity contribution in [2.75, 3.05) is 13.1 Å². The van der Waals surface area contributed by atoms with Crippen LogP contribution in [0.1, 0.15) is 53.6 Å². The van der Waals surface area contributed by atoms with E-state index in [-0.39, 0.29) is 29.7 Å². The van der Waals surface area contributed by atoms with Crippen LogP contribution >= 0.6 is 0 Å².